The molecule has 0 radical (unpaired) electrons. The lowest BCUT2D eigenvalue weighted by atomic mass is 10.1. The molecule has 1 unspecified atom stereocenters. The third-order valence-corrected chi connectivity index (χ3v) is 12.8. The maximum absolute atomic E-state index is 12.9. The molecule has 0 amide bonds. The molecule has 0 aliphatic heterocycles. The molecule has 0 saturated heterocycles. The molecule has 0 rings (SSSR count). The molecular weight excluding hydrogens is 1020 g/mol. The first-order chi connectivity index (χ1) is 41.0. The van der Waals surface area contributed by atoms with Crippen LogP contribution in [0.2, 0.25) is 0 Å². The Labute approximate surface area is 509 Å². The Bertz CT molecular complexity index is 2030. The standard InChI is InChI=1S/C77H116O6/c1-4-7-10-13-16-19-22-25-27-29-31-33-34-35-36-37-38-39-40-41-42-44-45-47-49-52-55-58-61-64-67-70-76(79)82-73-74(72-81-75(78)69-66-63-60-57-54-51-24-21-18-15-12-9-6-3)83-77(80)71-68-65-62-59-56-53-50-48-46-43-32-30-28-26-23-20-17-14-11-8-5-2/h7-12,16-21,25-28,31-33,35-36,38-39,41-43,45,47,51-52,54-55,60,63,74H,4-6,13-15,22-24,29-30,34,37,40,44,46,48-50,53,56-59,61-62,64-73H2,1-3H3/b10-7-,11-8-,12-9-,19-16-,20-17-,21-18-,27-25-,28-26-,33-31-,36-35-,39-38-,42-41-,43-32-,47-45-,54-51-,55-52-,63-60-. The van der Waals surface area contributed by atoms with Crippen molar-refractivity contribution in [2.45, 2.75) is 245 Å². The van der Waals surface area contributed by atoms with Crippen LogP contribution in [0.3, 0.4) is 0 Å². The van der Waals surface area contributed by atoms with Gasteiger partial charge in [0.1, 0.15) is 13.2 Å². The molecular formula is C77H116O6. The van der Waals surface area contributed by atoms with E-state index in [9.17, 15) is 14.4 Å². The fourth-order valence-corrected chi connectivity index (χ4v) is 8.03. The molecule has 0 saturated carbocycles. The molecule has 0 fully saturated rings. The van der Waals surface area contributed by atoms with Crippen molar-refractivity contribution in [1.29, 1.82) is 0 Å². The second kappa shape index (κ2) is 68.5. The van der Waals surface area contributed by atoms with Crippen LogP contribution < -0.4 is 0 Å². The van der Waals surface area contributed by atoms with E-state index >= 15 is 0 Å². The van der Waals surface area contributed by atoms with E-state index in [1.807, 2.05) is 12.2 Å². The Morgan fingerprint density at radius 2 is 0.458 bits per heavy atom. The van der Waals surface area contributed by atoms with Crippen molar-refractivity contribution in [3.05, 3.63) is 207 Å². The second-order valence-corrected chi connectivity index (χ2v) is 20.5. The summed E-state index contributed by atoms with van der Waals surface area (Å²) < 4.78 is 16.8. The van der Waals surface area contributed by atoms with Crippen LogP contribution in [0.15, 0.2) is 207 Å². The van der Waals surface area contributed by atoms with E-state index < -0.39 is 6.10 Å². The summed E-state index contributed by atoms with van der Waals surface area (Å²) in [7, 11) is 0. The van der Waals surface area contributed by atoms with E-state index in [1.54, 1.807) is 0 Å². The van der Waals surface area contributed by atoms with E-state index in [0.717, 1.165) is 167 Å². The highest BCUT2D eigenvalue weighted by molar-refractivity contribution is 5.71. The van der Waals surface area contributed by atoms with E-state index in [1.165, 1.54) is 25.7 Å². The predicted molar refractivity (Wildman–Crippen MR) is 361 cm³/mol. The van der Waals surface area contributed by atoms with Gasteiger partial charge in [0.05, 0.1) is 0 Å². The third kappa shape index (κ3) is 66.7. The van der Waals surface area contributed by atoms with Crippen molar-refractivity contribution in [2.24, 2.45) is 0 Å². The van der Waals surface area contributed by atoms with Gasteiger partial charge >= 0.3 is 17.9 Å². The van der Waals surface area contributed by atoms with Gasteiger partial charge in [0.2, 0.25) is 0 Å². The summed E-state index contributed by atoms with van der Waals surface area (Å²) in [6.07, 6.45) is 106. The molecule has 0 aromatic rings. The second-order valence-electron chi connectivity index (χ2n) is 20.5. The van der Waals surface area contributed by atoms with Crippen molar-refractivity contribution in [3.8, 4) is 0 Å². The summed E-state index contributed by atoms with van der Waals surface area (Å²) in [5.41, 5.74) is 0. The molecule has 0 aromatic carbocycles. The van der Waals surface area contributed by atoms with Crippen LogP contribution in [0.4, 0.5) is 0 Å². The average Bonchev–Trinajstić information content (AvgIpc) is 3.49. The van der Waals surface area contributed by atoms with E-state index in [-0.39, 0.29) is 44.0 Å². The maximum Gasteiger partial charge on any atom is 0.306 e. The van der Waals surface area contributed by atoms with E-state index in [4.69, 9.17) is 14.2 Å². The van der Waals surface area contributed by atoms with Crippen molar-refractivity contribution in [3.63, 3.8) is 0 Å². The first-order valence-corrected chi connectivity index (χ1v) is 32.6. The van der Waals surface area contributed by atoms with Crippen molar-refractivity contribution >= 4 is 17.9 Å². The number of allylic oxidation sites excluding steroid dienone is 34. The van der Waals surface area contributed by atoms with Crippen LogP contribution in [0.1, 0.15) is 239 Å². The average molecular weight is 1140 g/mol. The van der Waals surface area contributed by atoms with Crippen LogP contribution in [0, 0.1) is 0 Å². The number of rotatable bonds is 56. The lowest BCUT2D eigenvalue weighted by molar-refractivity contribution is -0.166. The van der Waals surface area contributed by atoms with E-state index in [0.29, 0.717) is 12.8 Å². The third-order valence-electron chi connectivity index (χ3n) is 12.8. The van der Waals surface area contributed by atoms with Crippen LogP contribution in [-0.4, -0.2) is 37.2 Å². The molecule has 0 N–H and O–H groups in total. The number of hydrogen-bond acceptors (Lipinski definition) is 6. The van der Waals surface area contributed by atoms with Crippen LogP contribution >= 0.6 is 0 Å². The summed E-state index contributed by atoms with van der Waals surface area (Å²) in [4.78, 5) is 38.3. The number of hydrogen-bond donors (Lipinski definition) is 0. The zero-order valence-electron chi connectivity index (χ0n) is 52.6. The number of esters is 3. The molecule has 0 spiro atoms. The van der Waals surface area contributed by atoms with Gasteiger partial charge in [0, 0.05) is 19.3 Å². The number of unbranched alkanes of at least 4 members (excludes halogenated alkanes) is 11. The van der Waals surface area contributed by atoms with Gasteiger partial charge in [0.25, 0.3) is 0 Å². The molecule has 460 valence electrons. The van der Waals surface area contributed by atoms with E-state index in [2.05, 4.69) is 215 Å². The fourth-order valence-electron chi connectivity index (χ4n) is 8.03. The molecule has 0 bridgehead atoms. The summed E-state index contributed by atoms with van der Waals surface area (Å²) in [5, 5.41) is 0. The minimum absolute atomic E-state index is 0.132. The molecule has 0 aliphatic rings. The van der Waals surface area contributed by atoms with Gasteiger partial charge < -0.3 is 14.2 Å². The summed E-state index contributed by atoms with van der Waals surface area (Å²) >= 11 is 0. The van der Waals surface area contributed by atoms with Gasteiger partial charge in [-0.2, -0.15) is 0 Å². The summed E-state index contributed by atoms with van der Waals surface area (Å²) in [6, 6.07) is 0. The van der Waals surface area contributed by atoms with Crippen molar-refractivity contribution < 1.29 is 28.6 Å². The van der Waals surface area contributed by atoms with Gasteiger partial charge in [-0.25, -0.2) is 0 Å². The lowest BCUT2D eigenvalue weighted by Gasteiger charge is -2.18. The molecule has 83 heavy (non-hydrogen) atoms. The van der Waals surface area contributed by atoms with Crippen LogP contribution in [0.25, 0.3) is 0 Å². The number of carbonyl (C=O) groups excluding carboxylic acids is 3. The fraction of sp³-hybridized carbons (Fsp3) is 0.519. The van der Waals surface area contributed by atoms with Crippen LogP contribution in [-0.2, 0) is 28.6 Å². The monoisotopic (exact) mass is 1140 g/mol. The number of carbonyl (C=O) groups is 3. The first-order valence-electron chi connectivity index (χ1n) is 32.6. The summed E-state index contributed by atoms with van der Waals surface area (Å²) in [5.74, 6) is -1.07. The smallest absolute Gasteiger partial charge is 0.306 e. The predicted octanol–water partition coefficient (Wildman–Crippen LogP) is 22.8. The molecule has 1 atom stereocenters. The summed E-state index contributed by atoms with van der Waals surface area (Å²) in [6.45, 7) is 6.18. The van der Waals surface area contributed by atoms with Gasteiger partial charge in [-0.1, -0.05) is 272 Å². The highest BCUT2D eigenvalue weighted by atomic mass is 16.6. The lowest BCUT2D eigenvalue weighted by Crippen LogP contribution is -2.30. The number of ether oxygens (including phenoxy) is 3. The molecule has 6 nitrogen and oxygen atoms in total. The van der Waals surface area contributed by atoms with Gasteiger partial charge in [-0.3, -0.25) is 14.4 Å². The Hall–Kier alpha value is -6.01. The van der Waals surface area contributed by atoms with Crippen LogP contribution in [0.5, 0.6) is 0 Å². The largest absolute Gasteiger partial charge is 0.462 e. The first kappa shape index (κ1) is 77.0. The maximum atomic E-state index is 12.9. The van der Waals surface area contributed by atoms with Crippen molar-refractivity contribution in [1.82, 2.24) is 0 Å². The zero-order chi connectivity index (χ0) is 59.9. The Morgan fingerprint density at radius 1 is 0.241 bits per heavy atom. The normalized spacial score (nSPS) is 13.5. The Balaban J connectivity index is 4.48. The topological polar surface area (TPSA) is 78.9 Å². The van der Waals surface area contributed by atoms with Crippen molar-refractivity contribution in [2.75, 3.05) is 13.2 Å². The molecule has 6 heteroatoms. The molecule has 0 heterocycles. The minimum atomic E-state index is -0.840. The minimum Gasteiger partial charge on any atom is -0.462 e. The molecule has 0 aromatic heterocycles. The Morgan fingerprint density at radius 3 is 0.759 bits per heavy atom. The molecule has 0 aliphatic carbocycles. The SMILES string of the molecule is CC/C=C\C/C=C\C/C=C\C/C=C\C/C=C\C/C=C\C/C=C\C/C=C\C/C=C\CCCCCC(=O)OCC(COC(=O)CC/C=C\C/C=C\C/C=C\C/C=C\CC)OC(=O)CCCCCCCCCC/C=C\C/C=C\C/C=C\C/C=C\CC. The quantitative estimate of drug-likeness (QED) is 0.0261. The zero-order valence-corrected chi connectivity index (χ0v) is 52.6. The van der Waals surface area contributed by atoms with Gasteiger partial charge in [-0.05, 0) is 154 Å². The van der Waals surface area contributed by atoms with Gasteiger partial charge in [-0.15, -0.1) is 0 Å². The van der Waals surface area contributed by atoms with Gasteiger partial charge in [0.15, 0.2) is 6.10 Å². The Kier molecular flexibility index (Phi) is 63.5. The highest BCUT2D eigenvalue weighted by Crippen LogP contribution is 2.13. The highest BCUT2D eigenvalue weighted by Gasteiger charge is 2.19.